The number of carbonyl (C=O) groups excluding carboxylic acids is 1. The molecular weight excluding hydrogens is 518 g/mol. The first-order chi connectivity index (χ1) is 18.9. The molecule has 6 heterocycles. The molecule has 1 atom stereocenters. The van der Waals surface area contributed by atoms with Crippen LogP contribution in [0.25, 0.3) is 5.65 Å². The van der Waals surface area contributed by atoms with Gasteiger partial charge >= 0.3 is 0 Å². The average molecular weight is 548 g/mol. The second kappa shape index (κ2) is 9.49. The number of hydrogen-bond acceptors (Lipinski definition) is 8. The van der Waals surface area contributed by atoms with Crippen LogP contribution < -0.4 is 9.80 Å². The molecule has 1 amide bonds. The molecule has 7 rings (SSSR count). The molecule has 3 aromatic heterocycles. The number of aromatic nitrogens is 6. The Bertz CT molecular complexity index is 1560. The topological polar surface area (TPSA) is 108 Å². The van der Waals surface area contributed by atoms with E-state index in [-0.39, 0.29) is 18.1 Å². The van der Waals surface area contributed by atoms with Crippen LogP contribution in [0.15, 0.2) is 36.5 Å². The number of likely N-dealkylation sites (N-methyl/N-ethyl adjacent to an activating group) is 1. The number of halogens is 1. The maximum absolute atomic E-state index is 14.1. The molecule has 0 aliphatic carbocycles. The smallest absolute Gasteiger partial charge is 0.254 e. The van der Waals surface area contributed by atoms with E-state index < -0.39 is 0 Å². The number of anilines is 2. The highest BCUT2D eigenvalue weighted by Crippen LogP contribution is 2.35. The van der Waals surface area contributed by atoms with Crippen LogP contribution in [0.2, 0.25) is 5.02 Å². The summed E-state index contributed by atoms with van der Waals surface area (Å²) in [6.07, 6.45) is 5.08. The average Bonchev–Trinajstić information content (AvgIpc) is 3.56. The van der Waals surface area contributed by atoms with E-state index in [1.165, 1.54) is 0 Å². The maximum atomic E-state index is 14.1. The summed E-state index contributed by atoms with van der Waals surface area (Å²) >= 11 is 6.39. The number of piperidine rings is 1. The SMILES string of the molecule is CN1CCc2cn(nn2)Cc2ccc(Cl)cc2C(=O)N2CCCC[C@H]2c2cc3nc(N4CC(O)C4)cc1n3n2. The molecule has 0 saturated carbocycles. The molecule has 3 aliphatic heterocycles. The molecule has 2 fully saturated rings. The lowest BCUT2D eigenvalue weighted by Gasteiger charge is -2.37. The van der Waals surface area contributed by atoms with Crippen molar-refractivity contribution in [2.45, 2.75) is 44.4 Å². The Hall–Kier alpha value is -3.70. The van der Waals surface area contributed by atoms with Crippen molar-refractivity contribution in [1.29, 1.82) is 0 Å². The Labute approximate surface area is 230 Å². The van der Waals surface area contributed by atoms with E-state index in [0.29, 0.717) is 49.7 Å². The molecule has 0 radical (unpaired) electrons. The van der Waals surface area contributed by atoms with Crippen LogP contribution in [0.3, 0.4) is 0 Å². The van der Waals surface area contributed by atoms with E-state index in [0.717, 1.165) is 53.5 Å². The predicted octanol–water partition coefficient (Wildman–Crippen LogP) is 2.56. The number of fused-ring (bicyclic) bond motifs is 6. The van der Waals surface area contributed by atoms with Crippen molar-refractivity contribution in [3.05, 3.63) is 64.1 Å². The van der Waals surface area contributed by atoms with Crippen molar-refractivity contribution in [3.8, 4) is 0 Å². The van der Waals surface area contributed by atoms with E-state index in [2.05, 4.69) is 20.1 Å². The molecular formula is C27H30ClN9O2. The van der Waals surface area contributed by atoms with Gasteiger partial charge in [-0.25, -0.2) is 9.67 Å². The fourth-order valence-electron chi connectivity index (χ4n) is 5.83. The number of carbonyl (C=O) groups is 1. The zero-order valence-electron chi connectivity index (χ0n) is 21.7. The molecule has 202 valence electrons. The van der Waals surface area contributed by atoms with E-state index in [9.17, 15) is 9.90 Å². The first kappa shape index (κ1) is 24.3. The van der Waals surface area contributed by atoms with Gasteiger partial charge in [0.05, 0.1) is 30.1 Å². The van der Waals surface area contributed by atoms with Crippen LogP contribution in [0.1, 0.15) is 52.6 Å². The number of aliphatic hydroxyl groups excluding tert-OH is 1. The second-order valence-electron chi connectivity index (χ2n) is 10.8. The lowest BCUT2D eigenvalue weighted by atomic mass is 9.97. The summed E-state index contributed by atoms with van der Waals surface area (Å²) in [6, 6.07) is 9.35. The van der Waals surface area contributed by atoms with E-state index in [1.54, 1.807) is 10.7 Å². The molecule has 0 spiro atoms. The summed E-state index contributed by atoms with van der Waals surface area (Å²) in [6.45, 7) is 2.90. The fourth-order valence-corrected chi connectivity index (χ4v) is 6.00. The summed E-state index contributed by atoms with van der Waals surface area (Å²) < 4.78 is 3.66. The Balaban J connectivity index is 1.38. The third-order valence-electron chi connectivity index (χ3n) is 8.02. The van der Waals surface area contributed by atoms with Crippen LogP contribution in [-0.2, 0) is 13.0 Å². The van der Waals surface area contributed by atoms with Gasteiger partial charge in [0.1, 0.15) is 11.6 Å². The number of hydrogen-bond donors (Lipinski definition) is 1. The largest absolute Gasteiger partial charge is 0.389 e. The van der Waals surface area contributed by atoms with Gasteiger partial charge in [-0.05, 0) is 37.0 Å². The molecule has 0 unspecified atom stereocenters. The Kier molecular flexibility index (Phi) is 5.93. The highest BCUT2D eigenvalue weighted by atomic mass is 35.5. The van der Waals surface area contributed by atoms with Gasteiger partial charge in [-0.1, -0.05) is 22.9 Å². The van der Waals surface area contributed by atoms with Gasteiger partial charge in [-0.2, -0.15) is 9.61 Å². The third-order valence-corrected chi connectivity index (χ3v) is 8.26. The molecule has 2 saturated heterocycles. The van der Waals surface area contributed by atoms with Gasteiger partial charge in [0.2, 0.25) is 0 Å². The Morgan fingerprint density at radius 1 is 1.10 bits per heavy atom. The number of amides is 1. The van der Waals surface area contributed by atoms with Gasteiger partial charge in [-0.3, -0.25) is 4.79 Å². The molecule has 1 aromatic carbocycles. The van der Waals surface area contributed by atoms with Crippen LogP contribution in [0.4, 0.5) is 11.6 Å². The fraction of sp³-hybridized carbons (Fsp3) is 0.444. The zero-order valence-corrected chi connectivity index (χ0v) is 22.5. The minimum absolute atomic E-state index is 0.0535. The number of β-amino-alcohol motifs (C(OH)–C–C–N with tert-alkyl or cyclic N) is 1. The van der Waals surface area contributed by atoms with Gasteiger partial charge in [0.25, 0.3) is 5.91 Å². The minimum Gasteiger partial charge on any atom is -0.389 e. The molecule has 12 heteroatoms. The second-order valence-corrected chi connectivity index (χ2v) is 11.2. The highest BCUT2D eigenvalue weighted by molar-refractivity contribution is 6.31. The van der Waals surface area contributed by atoms with Gasteiger partial charge in [-0.15, -0.1) is 5.10 Å². The number of nitrogens with zero attached hydrogens (tertiary/aromatic N) is 9. The van der Waals surface area contributed by atoms with Crippen LogP contribution in [-0.4, -0.2) is 84.8 Å². The van der Waals surface area contributed by atoms with Gasteiger partial charge < -0.3 is 19.8 Å². The van der Waals surface area contributed by atoms with E-state index in [4.69, 9.17) is 21.7 Å². The number of aliphatic hydroxyl groups is 1. The standard InChI is InChI=1S/C27H30ClN9O2/c1-33-9-7-19-14-35(32-30-19)13-17-5-6-18(28)10-21(17)27(39)36-8-3-2-4-23(36)22-11-25-29-24(34-15-20(38)16-34)12-26(33)37(25)31-22/h5-6,10-12,14,20,23,38H,2-4,7-9,13,15-16H2,1H3/t23-/m0/s1. The zero-order chi connectivity index (χ0) is 26.7. The number of rotatable bonds is 1. The summed E-state index contributed by atoms with van der Waals surface area (Å²) in [5.41, 5.74) is 3.86. The first-order valence-electron chi connectivity index (χ1n) is 13.5. The minimum atomic E-state index is -0.333. The molecule has 39 heavy (non-hydrogen) atoms. The molecule has 4 aromatic rings. The molecule has 1 N–H and O–H groups in total. The lowest BCUT2D eigenvalue weighted by Crippen LogP contribution is -2.51. The normalized spacial score (nSPS) is 20.3. The van der Waals surface area contributed by atoms with Crippen molar-refractivity contribution >= 4 is 34.8 Å². The summed E-state index contributed by atoms with van der Waals surface area (Å²) in [5, 5.41) is 24.2. The molecule has 11 nitrogen and oxygen atoms in total. The molecule has 4 bridgehead atoms. The Morgan fingerprint density at radius 3 is 2.82 bits per heavy atom. The highest BCUT2D eigenvalue weighted by Gasteiger charge is 2.33. The maximum Gasteiger partial charge on any atom is 0.254 e. The van der Waals surface area contributed by atoms with Gasteiger partial charge in [0.15, 0.2) is 5.65 Å². The first-order valence-corrected chi connectivity index (χ1v) is 13.8. The van der Waals surface area contributed by atoms with Crippen LogP contribution in [0, 0.1) is 0 Å². The van der Waals surface area contributed by atoms with Crippen LogP contribution >= 0.6 is 11.6 Å². The van der Waals surface area contributed by atoms with Crippen molar-refractivity contribution in [2.75, 3.05) is 43.0 Å². The summed E-state index contributed by atoms with van der Waals surface area (Å²) in [7, 11) is 2.04. The lowest BCUT2D eigenvalue weighted by molar-refractivity contribution is 0.0604. The number of benzene rings is 1. The van der Waals surface area contributed by atoms with Crippen molar-refractivity contribution in [1.82, 2.24) is 34.5 Å². The van der Waals surface area contributed by atoms with E-state index >= 15 is 0 Å². The van der Waals surface area contributed by atoms with Crippen molar-refractivity contribution in [3.63, 3.8) is 0 Å². The summed E-state index contributed by atoms with van der Waals surface area (Å²) in [5.74, 6) is 1.65. The monoisotopic (exact) mass is 547 g/mol. The quantitative estimate of drug-likeness (QED) is 0.387. The summed E-state index contributed by atoms with van der Waals surface area (Å²) in [4.78, 5) is 25.2. The molecule has 3 aliphatic rings. The van der Waals surface area contributed by atoms with Gasteiger partial charge in [0, 0.05) is 68.6 Å². The predicted molar refractivity (Wildman–Crippen MR) is 146 cm³/mol. The van der Waals surface area contributed by atoms with Crippen LogP contribution in [0.5, 0.6) is 0 Å². The van der Waals surface area contributed by atoms with Crippen molar-refractivity contribution < 1.29 is 9.90 Å². The third kappa shape index (κ3) is 4.39. The van der Waals surface area contributed by atoms with Crippen molar-refractivity contribution in [2.24, 2.45) is 0 Å². The Morgan fingerprint density at radius 2 is 1.97 bits per heavy atom. The van der Waals surface area contributed by atoms with E-state index in [1.807, 2.05) is 46.9 Å².